The smallest absolute Gasteiger partial charge is 0.322 e. The van der Waals surface area contributed by atoms with Crippen LogP contribution >= 0.6 is 23.2 Å². The minimum atomic E-state index is -0.0245. The van der Waals surface area contributed by atoms with Gasteiger partial charge < -0.3 is 10.1 Å². The van der Waals surface area contributed by atoms with Crippen LogP contribution < -0.4 is 10.1 Å². The van der Waals surface area contributed by atoms with Crippen molar-refractivity contribution in [2.24, 2.45) is 0 Å². The number of hydrogen-bond acceptors (Lipinski definition) is 5. The summed E-state index contributed by atoms with van der Waals surface area (Å²) in [7, 11) is 0. The molecule has 1 aromatic heterocycles. The summed E-state index contributed by atoms with van der Waals surface area (Å²) in [6.07, 6.45) is -0.0245. The molecule has 112 valence electrons. The average Bonchev–Trinajstić information content (AvgIpc) is 2.41. The highest BCUT2D eigenvalue weighted by Crippen LogP contribution is 2.27. The van der Waals surface area contributed by atoms with E-state index in [1.165, 1.54) is 0 Å². The van der Waals surface area contributed by atoms with Gasteiger partial charge in [0.2, 0.25) is 5.95 Å². The molecule has 0 saturated carbocycles. The van der Waals surface area contributed by atoms with Crippen LogP contribution in [0.2, 0.25) is 10.0 Å². The topological polar surface area (TPSA) is 59.9 Å². The summed E-state index contributed by atoms with van der Waals surface area (Å²) in [6.45, 7) is 6.49. The van der Waals surface area contributed by atoms with Crippen molar-refractivity contribution in [3.8, 4) is 17.4 Å². The Labute approximate surface area is 133 Å². The molecule has 0 aliphatic rings. The van der Waals surface area contributed by atoms with Gasteiger partial charge in [-0.2, -0.15) is 15.0 Å². The third kappa shape index (κ3) is 4.19. The van der Waals surface area contributed by atoms with E-state index in [-0.39, 0.29) is 12.1 Å². The standard InChI is InChI=1S/C14H16Cl2N4O/c1-4-17-13-18-12(19-14(20-13)21-8(2)3)9-5-6-10(15)11(16)7-9/h5-8H,4H2,1-3H3,(H,17,18,19,20). The lowest BCUT2D eigenvalue weighted by atomic mass is 10.2. The van der Waals surface area contributed by atoms with E-state index < -0.39 is 0 Å². The minimum Gasteiger partial charge on any atom is -0.461 e. The Balaban J connectivity index is 2.45. The highest BCUT2D eigenvalue weighted by atomic mass is 35.5. The monoisotopic (exact) mass is 326 g/mol. The Hall–Kier alpha value is -1.59. The van der Waals surface area contributed by atoms with Crippen LogP contribution in [0, 0.1) is 0 Å². The van der Waals surface area contributed by atoms with Gasteiger partial charge in [-0.15, -0.1) is 0 Å². The van der Waals surface area contributed by atoms with E-state index in [0.29, 0.717) is 28.4 Å². The summed E-state index contributed by atoms with van der Waals surface area (Å²) in [6, 6.07) is 5.50. The van der Waals surface area contributed by atoms with Gasteiger partial charge in [0.1, 0.15) is 0 Å². The molecule has 2 rings (SSSR count). The van der Waals surface area contributed by atoms with Gasteiger partial charge in [-0.3, -0.25) is 0 Å². The molecule has 0 atom stereocenters. The van der Waals surface area contributed by atoms with Crippen LogP contribution in [-0.2, 0) is 0 Å². The van der Waals surface area contributed by atoms with E-state index in [2.05, 4.69) is 20.3 Å². The first-order valence-electron chi connectivity index (χ1n) is 6.61. The molecule has 0 spiro atoms. The first-order chi connectivity index (χ1) is 9.99. The fourth-order valence-electron chi connectivity index (χ4n) is 1.62. The zero-order chi connectivity index (χ0) is 15.4. The van der Waals surface area contributed by atoms with Gasteiger partial charge >= 0.3 is 6.01 Å². The van der Waals surface area contributed by atoms with Crippen molar-refractivity contribution in [2.45, 2.75) is 26.9 Å². The van der Waals surface area contributed by atoms with E-state index in [9.17, 15) is 0 Å². The van der Waals surface area contributed by atoms with Crippen LogP contribution in [0.1, 0.15) is 20.8 Å². The van der Waals surface area contributed by atoms with E-state index in [1.54, 1.807) is 18.2 Å². The largest absolute Gasteiger partial charge is 0.461 e. The molecule has 1 N–H and O–H groups in total. The van der Waals surface area contributed by atoms with E-state index in [4.69, 9.17) is 27.9 Å². The molecule has 2 aromatic rings. The molecule has 7 heteroatoms. The van der Waals surface area contributed by atoms with E-state index >= 15 is 0 Å². The Kier molecular flexibility index (Phi) is 5.20. The molecule has 5 nitrogen and oxygen atoms in total. The first kappa shape index (κ1) is 15.8. The minimum absolute atomic E-state index is 0.0245. The number of rotatable bonds is 5. The van der Waals surface area contributed by atoms with Crippen LogP contribution in [-0.4, -0.2) is 27.6 Å². The van der Waals surface area contributed by atoms with Gasteiger partial charge in [-0.05, 0) is 39.0 Å². The molecule has 0 bridgehead atoms. The molecule has 0 unspecified atom stereocenters. The molecule has 0 aliphatic heterocycles. The number of aromatic nitrogens is 3. The first-order valence-corrected chi connectivity index (χ1v) is 7.37. The normalized spacial score (nSPS) is 10.8. The summed E-state index contributed by atoms with van der Waals surface area (Å²) in [5.41, 5.74) is 0.750. The van der Waals surface area contributed by atoms with Crippen molar-refractivity contribution in [1.82, 2.24) is 15.0 Å². The summed E-state index contributed by atoms with van der Waals surface area (Å²) in [5, 5.41) is 3.99. The third-order valence-corrected chi connectivity index (χ3v) is 3.21. The fourth-order valence-corrected chi connectivity index (χ4v) is 1.92. The zero-order valence-electron chi connectivity index (χ0n) is 12.0. The molecular formula is C14H16Cl2N4O. The average molecular weight is 327 g/mol. The van der Waals surface area contributed by atoms with Crippen LogP contribution in [0.5, 0.6) is 6.01 Å². The maximum atomic E-state index is 6.04. The van der Waals surface area contributed by atoms with Gasteiger partial charge in [-0.1, -0.05) is 23.2 Å². The molecule has 1 heterocycles. The number of ether oxygens (including phenoxy) is 1. The van der Waals surface area contributed by atoms with Crippen LogP contribution in [0.4, 0.5) is 5.95 Å². The van der Waals surface area contributed by atoms with Crippen LogP contribution in [0.3, 0.4) is 0 Å². The highest BCUT2D eigenvalue weighted by molar-refractivity contribution is 6.42. The zero-order valence-corrected chi connectivity index (χ0v) is 13.5. The third-order valence-electron chi connectivity index (χ3n) is 2.47. The van der Waals surface area contributed by atoms with E-state index in [1.807, 2.05) is 20.8 Å². The number of nitrogens with zero attached hydrogens (tertiary/aromatic N) is 3. The lowest BCUT2D eigenvalue weighted by Gasteiger charge is -2.11. The van der Waals surface area contributed by atoms with E-state index in [0.717, 1.165) is 5.56 Å². The van der Waals surface area contributed by atoms with Crippen LogP contribution in [0.25, 0.3) is 11.4 Å². The second-order valence-corrected chi connectivity index (χ2v) is 5.41. The molecule has 0 radical (unpaired) electrons. The number of hydrogen-bond donors (Lipinski definition) is 1. The summed E-state index contributed by atoms with van der Waals surface area (Å²) < 4.78 is 5.56. The number of halogens is 2. The molecule has 0 aliphatic carbocycles. The Bertz CT molecular complexity index is 634. The van der Waals surface area contributed by atoms with Crippen molar-refractivity contribution in [1.29, 1.82) is 0 Å². The Morgan fingerprint density at radius 1 is 1.14 bits per heavy atom. The lowest BCUT2D eigenvalue weighted by Crippen LogP contribution is -2.12. The summed E-state index contributed by atoms with van der Waals surface area (Å²) >= 11 is 12.0. The highest BCUT2D eigenvalue weighted by Gasteiger charge is 2.11. The molecular weight excluding hydrogens is 311 g/mol. The van der Waals surface area contributed by atoms with Gasteiger partial charge in [0.25, 0.3) is 0 Å². The van der Waals surface area contributed by atoms with Crippen molar-refractivity contribution < 1.29 is 4.74 Å². The molecule has 0 amide bonds. The number of nitrogens with one attached hydrogen (secondary N) is 1. The van der Waals surface area contributed by atoms with Gasteiger partial charge in [0, 0.05) is 12.1 Å². The Morgan fingerprint density at radius 3 is 2.52 bits per heavy atom. The molecule has 21 heavy (non-hydrogen) atoms. The van der Waals surface area contributed by atoms with Crippen molar-refractivity contribution in [3.63, 3.8) is 0 Å². The number of anilines is 1. The second kappa shape index (κ2) is 6.91. The Morgan fingerprint density at radius 2 is 1.90 bits per heavy atom. The SMILES string of the molecule is CCNc1nc(OC(C)C)nc(-c2ccc(Cl)c(Cl)c2)n1. The summed E-state index contributed by atoms with van der Waals surface area (Å²) in [5.74, 6) is 0.944. The predicted molar refractivity (Wildman–Crippen MR) is 85.2 cm³/mol. The number of benzene rings is 1. The van der Waals surface area contributed by atoms with Gasteiger partial charge in [-0.25, -0.2) is 0 Å². The van der Waals surface area contributed by atoms with Crippen molar-refractivity contribution >= 4 is 29.2 Å². The molecule has 1 aromatic carbocycles. The van der Waals surface area contributed by atoms with Gasteiger partial charge in [0.15, 0.2) is 5.82 Å². The van der Waals surface area contributed by atoms with Crippen molar-refractivity contribution in [3.05, 3.63) is 28.2 Å². The van der Waals surface area contributed by atoms with Crippen LogP contribution in [0.15, 0.2) is 18.2 Å². The molecule has 0 saturated heterocycles. The maximum absolute atomic E-state index is 6.04. The van der Waals surface area contributed by atoms with Crippen molar-refractivity contribution in [2.75, 3.05) is 11.9 Å². The predicted octanol–water partition coefficient (Wildman–Crippen LogP) is 4.06. The lowest BCUT2D eigenvalue weighted by molar-refractivity contribution is 0.222. The fraction of sp³-hybridized carbons (Fsp3) is 0.357. The molecule has 0 fully saturated rings. The van der Waals surface area contributed by atoms with Gasteiger partial charge in [0.05, 0.1) is 16.1 Å². The summed E-state index contributed by atoms with van der Waals surface area (Å²) in [4.78, 5) is 12.9. The second-order valence-electron chi connectivity index (χ2n) is 4.59. The quantitative estimate of drug-likeness (QED) is 0.897. The maximum Gasteiger partial charge on any atom is 0.322 e.